The standard InChI is InChI=1S/C23H21ClFN3O3S/c1-15(29)28(20-7-5-4-6-19(20)25)23-26-18(14-32-23)9-11-22(30)27(2)13-16-12-17(24)8-10-21(16)31-3/h4-12,14H,13H2,1-3H3/b11-9+. The Morgan fingerprint density at radius 1 is 1.25 bits per heavy atom. The van der Waals surface area contributed by atoms with Gasteiger partial charge in [-0.1, -0.05) is 23.7 Å². The summed E-state index contributed by atoms with van der Waals surface area (Å²) in [5.74, 6) is -0.506. The highest BCUT2D eigenvalue weighted by Gasteiger charge is 2.20. The lowest BCUT2D eigenvalue weighted by Gasteiger charge is -2.18. The zero-order valence-corrected chi connectivity index (χ0v) is 19.3. The van der Waals surface area contributed by atoms with Crippen LogP contribution in [0.3, 0.4) is 0 Å². The highest BCUT2D eigenvalue weighted by atomic mass is 35.5. The summed E-state index contributed by atoms with van der Waals surface area (Å²) in [7, 11) is 3.22. The number of rotatable bonds is 7. The molecule has 0 radical (unpaired) electrons. The fraction of sp³-hybridized carbons (Fsp3) is 0.174. The zero-order chi connectivity index (χ0) is 23.3. The normalized spacial score (nSPS) is 10.9. The van der Waals surface area contributed by atoms with E-state index in [0.717, 1.165) is 5.56 Å². The van der Waals surface area contributed by atoms with E-state index in [4.69, 9.17) is 16.3 Å². The second-order valence-corrected chi connectivity index (χ2v) is 8.12. The number of ether oxygens (including phenoxy) is 1. The highest BCUT2D eigenvalue weighted by molar-refractivity contribution is 7.14. The summed E-state index contributed by atoms with van der Waals surface area (Å²) in [6.45, 7) is 1.65. The third-order valence-corrected chi connectivity index (χ3v) is 5.61. The fourth-order valence-corrected chi connectivity index (χ4v) is 4.03. The van der Waals surface area contributed by atoms with Crippen molar-refractivity contribution in [2.24, 2.45) is 0 Å². The first-order chi connectivity index (χ1) is 15.3. The van der Waals surface area contributed by atoms with Gasteiger partial charge in [-0.05, 0) is 36.4 Å². The number of para-hydroxylation sites is 1. The van der Waals surface area contributed by atoms with Crippen LogP contribution in [0.5, 0.6) is 5.75 Å². The van der Waals surface area contributed by atoms with Crippen LogP contribution in [0.15, 0.2) is 53.9 Å². The van der Waals surface area contributed by atoms with E-state index < -0.39 is 5.82 Å². The zero-order valence-electron chi connectivity index (χ0n) is 17.7. The van der Waals surface area contributed by atoms with Gasteiger partial charge >= 0.3 is 0 Å². The van der Waals surface area contributed by atoms with Crippen LogP contribution in [0.1, 0.15) is 18.2 Å². The molecule has 2 amide bonds. The van der Waals surface area contributed by atoms with Gasteiger partial charge in [-0.25, -0.2) is 9.37 Å². The minimum absolute atomic E-state index is 0.121. The molecule has 0 fully saturated rings. The number of anilines is 2. The lowest BCUT2D eigenvalue weighted by molar-refractivity contribution is -0.125. The number of aromatic nitrogens is 1. The molecule has 0 saturated carbocycles. The smallest absolute Gasteiger partial charge is 0.246 e. The number of likely N-dealkylation sites (N-methyl/N-ethyl adjacent to an activating group) is 1. The van der Waals surface area contributed by atoms with E-state index in [9.17, 15) is 14.0 Å². The SMILES string of the molecule is COc1ccc(Cl)cc1CN(C)C(=O)/C=C/c1csc(N(C(C)=O)c2ccccc2F)n1. The van der Waals surface area contributed by atoms with Gasteiger partial charge in [0.05, 0.1) is 18.5 Å². The Morgan fingerprint density at radius 3 is 2.69 bits per heavy atom. The van der Waals surface area contributed by atoms with E-state index in [-0.39, 0.29) is 17.5 Å². The molecule has 0 bridgehead atoms. The predicted molar refractivity (Wildman–Crippen MR) is 125 cm³/mol. The molecule has 0 spiro atoms. The van der Waals surface area contributed by atoms with Crippen molar-refractivity contribution >= 4 is 51.6 Å². The number of hydrogen-bond acceptors (Lipinski definition) is 5. The van der Waals surface area contributed by atoms with E-state index in [1.807, 2.05) is 0 Å². The van der Waals surface area contributed by atoms with Crippen molar-refractivity contribution in [1.29, 1.82) is 0 Å². The van der Waals surface area contributed by atoms with Gasteiger partial charge in [0.1, 0.15) is 11.6 Å². The average Bonchev–Trinajstić information content (AvgIpc) is 3.22. The summed E-state index contributed by atoms with van der Waals surface area (Å²) in [5.41, 5.74) is 1.38. The average molecular weight is 474 g/mol. The Hall–Kier alpha value is -3.23. The van der Waals surface area contributed by atoms with Crippen LogP contribution in [-0.4, -0.2) is 35.9 Å². The number of methoxy groups -OCH3 is 1. The number of benzene rings is 2. The Bertz CT molecular complexity index is 1160. The van der Waals surface area contributed by atoms with Crippen LogP contribution in [0, 0.1) is 5.82 Å². The minimum Gasteiger partial charge on any atom is -0.496 e. The first-order valence-electron chi connectivity index (χ1n) is 9.56. The first kappa shape index (κ1) is 23.4. The van der Waals surface area contributed by atoms with E-state index in [1.54, 1.807) is 55.9 Å². The largest absolute Gasteiger partial charge is 0.496 e. The third kappa shape index (κ3) is 5.52. The quantitative estimate of drug-likeness (QED) is 0.437. The maximum absolute atomic E-state index is 14.2. The molecule has 3 rings (SSSR count). The van der Waals surface area contributed by atoms with Crippen molar-refractivity contribution in [3.8, 4) is 5.75 Å². The molecular weight excluding hydrogens is 453 g/mol. The number of halogens is 2. The predicted octanol–water partition coefficient (Wildman–Crippen LogP) is 5.30. The second-order valence-electron chi connectivity index (χ2n) is 6.84. The molecule has 166 valence electrons. The van der Waals surface area contributed by atoms with Crippen LogP contribution in [0.25, 0.3) is 6.08 Å². The van der Waals surface area contributed by atoms with Gasteiger partial charge in [0.25, 0.3) is 0 Å². The molecule has 9 heteroatoms. The third-order valence-electron chi connectivity index (χ3n) is 4.53. The van der Waals surface area contributed by atoms with Crippen LogP contribution in [0.4, 0.5) is 15.2 Å². The van der Waals surface area contributed by atoms with E-state index in [0.29, 0.717) is 28.1 Å². The molecular formula is C23H21ClFN3O3S. The van der Waals surface area contributed by atoms with Crippen LogP contribution >= 0.6 is 22.9 Å². The molecule has 0 unspecified atom stereocenters. The summed E-state index contributed by atoms with van der Waals surface area (Å²) < 4.78 is 19.5. The molecule has 6 nitrogen and oxygen atoms in total. The van der Waals surface area contributed by atoms with E-state index >= 15 is 0 Å². The number of carbonyl (C=O) groups excluding carboxylic acids is 2. The fourth-order valence-electron chi connectivity index (χ4n) is 2.98. The first-order valence-corrected chi connectivity index (χ1v) is 10.8. The number of carbonyl (C=O) groups is 2. The maximum atomic E-state index is 14.2. The summed E-state index contributed by atoms with van der Waals surface area (Å²) in [6.07, 6.45) is 2.94. The van der Waals surface area contributed by atoms with E-state index in [1.165, 1.54) is 46.3 Å². The molecule has 0 saturated heterocycles. The summed E-state index contributed by atoms with van der Waals surface area (Å²) in [5, 5.41) is 2.55. The molecule has 1 aromatic heterocycles. The van der Waals surface area contributed by atoms with Gasteiger partial charge in [-0.3, -0.25) is 14.5 Å². The summed E-state index contributed by atoms with van der Waals surface area (Å²) >= 11 is 7.23. The maximum Gasteiger partial charge on any atom is 0.246 e. The van der Waals surface area contributed by atoms with Gasteiger partial charge in [0, 0.05) is 42.6 Å². The van der Waals surface area contributed by atoms with Crippen molar-refractivity contribution in [2.45, 2.75) is 13.5 Å². The number of nitrogens with zero attached hydrogens (tertiary/aromatic N) is 3. The van der Waals surface area contributed by atoms with Crippen molar-refractivity contribution < 1.29 is 18.7 Å². The van der Waals surface area contributed by atoms with Gasteiger partial charge in [0.15, 0.2) is 5.13 Å². The number of amides is 2. The Kier molecular flexibility index (Phi) is 7.61. The molecule has 0 N–H and O–H groups in total. The van der Waals surface area contributed by atoms with Crippen LogP contribution < -0.4 is 9.64 Å². The molecule has 1 heterocycles. The van der Waals surface area contributed by atoms with Crippen LogP contribution in [0.2, 0.25) is 5.02 Å². The van der Waals surface area contributed by atoms with Crippen molar-refractivity contribution in [3.63, 3.8) is 0 Å². The lowest BCUT2D eigenvalue weighted by atomic mass is 10.2. The molecule has 0 aliphatic heterocycles. The van der Waals surface area contributed by atoms with Gasteiger partial charge in [0.2, 0.25) is 11.8 Å². The lowest BCUT2D eigenvalue weighted by Crippen LogP contribution is -2.24. The van der Waals surface area contributed by atoms with Crippen LogP contribution in [-0.2, 0) is 16.1 Å². The molecule has 0 aliphatic carbocycles. The Balaban J connectivity index is 1.73. The second kappa shape index (κ2) is 10.4. The molecule has 0 atom stereocenters. The van der Waals surface area contributed by atoms with Crippen molar-refractivity contribution in [3.05, 3.63) is 76.0 Å². The number of hydrogen-bond donors (Lipinski definition) is 0. The van der Waals surface area contributed by atoms with Gasteiger partial charge in [-0.15, -0.1) is 11.3 Å². The monoisotopic (exact) mass is 473 g/mol. The molecule has 0 aliphatic rings. The summed E-state index contributed by atoms with van der Waals surface area (Å²) in [6, 6.07) is 11.2. The minimum atomic E-state index is -0.525. The topological polar surface area (TPSA) is 62.7 Å². The Labute approximate surface area is 194 Å². The highest BCUT2D eigenvalue weighted by Crippen LogP contribution is 2.31. The summed E-state index contributed by atoms with van der Waals surface area (Å²) in [4.78, 5) is 31.8. The number of thiazole rings is 1. The van der Waals surface area contributed by atoms with Gasteiger partial charge < -0.3 is 9.64 Å². The molecule has 32 heavy (non-hydrogen) atoms. The molecule has 2 aromatic carbocycles. The molecule has 3 aromatic rings. The van der Waals surface area contributed by atoms with Gasteiger partial charge in [-0.2, -0.15) is 0 Å². The van der Waals surface area contributed by atoms with E-state index in [2.05, 4.69) is 4.98 Å². The van der Waals surface area contributed by atoms with Crippen molar-refractivity contribution in [1.82, 2.24) is 9.88 Å². The Morgan fingerprint density at radius 2 is 2.00 bits per heavy atom. The van der Waals surface area contributed by atoms with Crippen molar-refractivity contribution in [2.75, 3.05) is 19.1 Å².